The molecule has 0 radical (unpaired) electrons. The van der Waals surface area contributed by atoms with Crippen LogP contribution < -0.4 is 0 Å². The summed E-state index contributed by atoms with van der Waals surface area (Å²) >= 11 is 1.81. The maximum Gasteiger partial charge on any atom is 0.0351 e. The van der Waals surface area contributed by atoms with Gasteiger partial charge in [-0.15, -0.1) is 11.3 Å². The first kappa shape index (κ1) is 22.7. The van der Waals surface area contributed by atoms with E-state index in [1.165, 1.54) is 26.9 Å². The lowest BCUT2D eigenvalue weighted by atomic mass is 10.1. The van der Waals surface area contributed by atoms with Gasteiger partial charge in [-0.25, -0.2) is 0 Å². The molecule has 0 amide bonds. The SMILES string of the molecule is C=C/C=C\C.C=Cc1sc2ccccc2c1C.CC.CCC. The Kier molecular flexibility index (Phi) is 16.3. The lowest BCUT2D eigenvalue weighted by Crippen LogP contribution is -1.68. The third kappa shape index (κ3) is 8.63. The van der Waals surface area contributed by atoms with E-state index in [2.05, 4.69) is 58.2 Å². The molecule has 0 aliphatic carbocycles. The molecule has 0 fully saturated rings. The molecule has 1 heteroatoms. The number of aryl methyl sites for hydroxylation is 1. The Morgan fingerprint density at radius 2 is 1.64 bits per heavy atom. The average Bonchev–Trinajstić information content (AvgIpc) is 2.88. The number of benzene rings is 1. The second-order valence-electron chi connectivity index (χ2n) is 4.26. The molecule has 122 valence electrons. The monoisotopic (exact) mass is 316 g/mol. The van der Waals surface area contributed by atoms with Crippen molar-refractivity contribution in [2.24, 2.45) is 0 Å². The van der Waals surface area contributed by atoms with E-state index in [9.17, 15) is 0 Å². The van der Waals surface area contributed by atoms with E-state index in [1.54, 1.807) is 17.4 Å². The van der Waals surface area contributed by atoms with Crippen LogP contribution in [0.15, 0.2) is 55.7 Å². The Hall–Kier alpha value is -1.60. The van der Waals surface area contributed by atoms with Crippen molar-refractivity contribution in [3.63, 3.8) is 0 Å². The van der Waals surface area contributed by atoms with Crippen LogP contribution >= 0.6 is 11.3 Å². The van der Waals surface area contributed by atoms with Gasteiger partial charge in [0.2, 0.25) is 0 Å². The summed E-state index contributed by atoms with van der Waals surface area (Å²) in [7, 11) is 0. The first-order valence-corrected chi connectivity index (χ1v) is 8.82. The van der Waals surface area contributed by atoms with Crippen LogP contribution in [0.1, 0.15) is 51.5 Å². The number of rotatable bonds is 2. The molecule has 1 aromatic heterocycles. The quantitative estimate of drug-likeness (QED) is 0.492. The number of fused-ring (bicyclic) bond motifs is 1. The van der Waals surface area contributed by atoms with E-state index >= 15 is 0 Å². The van der Waals surface area contributed by atoms with Gasteiger partial charge < -0.3 is 0 Å². The van der Waals surface area contributed by atoms with Crippen LogP contribution in [0.4, 0.5) is 0 Å². The van der Waals surface area contributed by atoms with Gasteiger partial charge in [0, 0.05) is 9.58 Å². The maximum atomic E-state index is 3.80. The molecule has 1 aromatic carbocycles. The first-order valence-electron chi connectivity index (χ1n) is 8.00. The van der Waals surface area contributed by atoms with E-state index in [4.69, 9.17) is 0 Å². The highest BCUT2D eigenvalue weighted by atomic mass is 32.1. The first-order chi connectivity index (χ1) is 10.7. The molecule has 0 atom stereocenters. The van der Waals surface area contributed by atoms with E-state index in [1.807, 2.05) is 39.0 Å². The lowest BCUT2D eigenvalue weighted by molar-refractivity contribution is 1.09. The number of hydrogen-bond donors (Lipinski definition) is 0. The highest BCUT2D eigenvalue weighted by molar-refractivity contribution is 7.20. The van der Waals surface area contributed by atoms with Crippen molar-refractivity contribution in [1.29, 1.82) is 0 Å². The molecule has 2 aromatic rings. The Labute approximate surface area is 141 Å². The van der Waals surface area contributed by atoms with Crippen molar-refractivity contribution >= 4 is 27.5 Å². The molecule has 0 bridgehead atoms. The Bertz CT molecular complexity index is 544. The molecule has 0 saturated carbocycles. The fourth-order valence-corrected chi connectivity index (χ4v) is 2.59. The summed E-state index contributed by atoms with van der Waals surface area (Å²) < 4.78 is 1.35. The van der Waals surface area contributed by atoms with Gasteiger partial charge in [0.1, 0.15) is 0 Å². The molecule has 0 aliphatic rings. The maximum absolute atomic E-state index is 3.80. The minimum atomic E-state index is 1.25. The smallest absolute Gasteiger partial charge is 0.0351 e. The van der Waals surface area contributed by atoms with Crippen molar-refractivity contribution in [2.75, 3.05) is 0 Å². The van der Waals surface area contributed by atoms with Gasteiger partial charge in [-0.2, -0.15) is 0 Å². The van der Waals surface area contributed by atoms with Crippen molar-refractivity contribution in [3.8, 4) is 0 Å². The Balaban J connectivity index is 0. The highest BCUT2D eigenvalue weighted by Gasteiger charge is 2.03. The molecule has 0 spiro atoms. The third-order valence-corrected chi connectivity index (χ3v) is 3.66. The molecule has 2 rings (SSSR count). The molecule has 0 aliphatic heterocycles. The predicted octanol–water partition coefficient (Wildman–Crippen LogP) is 8.04. The van der Waals surface area contributed by atoms with Crippen LogP contribution in [-0.2, 0) is 0 Å². The molecule has 22 heavy (non-hydrogen) atoms. The fraction of sp³-hybridized carbons (Fsp3) is 0.333. The molecule has 1 heterocycles. The topological polar surface area (TPSA) is 0 Å². The summed E-state index contributed by atoms with van der Waals surface area (Å²) in [4.78, 5) is 1.29. The van der Waals surface area contributed by atoms with Crippen LogP contribution in [0, 0.1) is 6.92 Å². The summed E-state index contributed by atoms with van der Waals surface area (Å²) in [6.07, 6.45) is 8.76. The second kappa shape index (κ2) is 15.8. The van der Waals surface area contributed by atoms with E-state index in [0.717, 1.165) is 0 Å². The minimum Gasteiger partial charge on any atom is -0.136 e. The van der Waals surface area contributed by atoms with Crippen LogP contribution in [0.25, 0.3) is 16.2 Å². The van der Waals surface area contributed by atoms with Crippen LogP contribution in [-0.4, -0.2) is 0 Å². The van der Waals surface area contributed by atoms with Gasteiger partial charge in [0.25, 0.3) is 0 Å². The zero-order chi connectivity index (χ0) is 17.4. The molecule has 0 saturated heterocycles. The number of thiophene rings is 1. The van der Waals surface area contributed by atoms with Gasteiger partial charge in [0.15, 0.2) is 0 Å². The molecule has 0 unspecified atom stereocenters. The van der Waals surface area contributed by atoms with Crippen molar-refractivity contribution < 1.29 is 0 Å². The van der Waals surface area contributed by atoms with Crippen molar-refractivity contribution in [3.05, 3.63) is 66.1 Å². The zero-order valence-corrected chi connectivity index (χ0v) is 16.0. The van der Waals surface area contributed by atoms with Gasteiger partial charge in [-0.1, -0.05) is 89.8 Å². The van der Waals surface area contributed by atoms with Crippen LogP contribution in [0.2, 0.25) is 0 Å². The number of hydrogen-bond acceptors (Lipinski definition) is 1. The standard InChI is InChI=1S/C11H10S.C5H8.C3H8.C2H6/c1-3-10-8(2)9-6-4-5-7-11(9)12-10;1-3-5-4-2;1-3-2;1-2/h3-7H,1H2,2H3;3-5H,1H2,2H3;3H2,1-2H3;1-2H3/b;5-4-;;. The second-order valence-corrected chi connectivity index (χ2v) is 5.34. The zero-order valence-electron chi connectivity index (χ0n) is 15.1. The molecule has 0 N–H and O–H groups in total. The summed E-state index contributed by atoms with van der Waals surface area (Å²) in [5, 5.41) is 1.36. The van der Waals surface area contributed by atoms with E-state index in [0.29, 0.717) is 0 Å². The highest BCUT2D eigenvalue weighted by Crippen LogP contribution is 2.30. The van der Waals surface area contributed by atoms with Gasteiger partial charge in [-0.05, 0) is 30.9 Å². The summed E-state index contributed by atoms with van der Waals surface area (Å²) in [6, 6.07) is 8.47. The van der Waals surface area contributed by atoms with Crippen molar-refractivity contribution in [2.45, 2.75) is 48.0 Å². The average molecular weight is 317 g/mol. The Morgan fingerprint density at radius 3 is 2.00 bits per heavy atom. The van der Waals surface area contributed by atoms with E-state index in [-0.39, 0.29) is 0 Å². The summed E-state index contributed by atoms with van der Waals surface area (Å²) in [6.45, 7) is 19.6. The molecule has 0 nitrogen and oxygen atoms in total. The van der Waals surface area contributed by atoms with Crippen LogP contribution in [0.5, 0.6) is 0 Å². The normalized spacial score (nSPS) is 8.82. The summed E-state index contributed by atoms with van der Waals surface area (Å²) in [5.41, 5.74) is 1.35. The van der Waals surface area contributed by atoms with E-state index < -0.39 is 0 Å². The predicted molar refractivity (Wildman–Crippen MR) is 109 cm³/mol. The fourth-order valence-electron chi connectivity index (χ4n) is 1.52. The van der Waals surface area contributed by atoms with Gasteiger partial charge in [-0.3, -0.25) is 0 Å². The Morgan fingerprint density at radius 1 is 1.09 bits per heavy atom. The van der Waals surface area contributed by atoms with Crippen LogP contribution in [0.3, 0.4) is 0 Å². The number of allylic oxidation sites excluding steroid dienone is 3. The molecular weight excluding hydrogens is 284 g/mol. The molecular formula is C21H32S. The lowest BCUT2D eigenvalue weighted by Gasteiger charge is -1.89. The largest absolute Gasteiger partial charge is 0.136 e. The summed E-state index contributed by atoms with van der Waals surface area (Å²) in [5.74, 6) is 0. The third-order valence-electron chi connectivity index (χ3n) is 2.39. The van der Waals surface area contributed by atoms with Gasteiger partial charge in [0.05, 0.1) is 0 Å². The van der Waals surface area contributed by atoms with Gasteiger partial charge >= 0.3 is 0 Å². The minimum absolute atomic E-state index is 1.25. The van der Waals surface area contributed by atoms with Crippen molar-refractivity contribution in [1.82, 2.24) is 0 Å².